The zero-order chi connectivity index (χ0) is 18.5. The largest absolute Gasteiger partial charge is 0.507 e. The van der Waals surface area contributed by atoms with Crippen LogP contribution in [-0.4, -0.2) is 23.5 Å². The highest BCUT2D eigenvalue weighted by atomic mass is 35.5. The predicted octanol–water partition coefficient (Wildman–Crippen LogP) is 4.75. The van der Waals surface area contributed by atoms with Crippen LogP contribution in [0.25, 0.3) is 11.1 Å². The number of hydrogen-bond donors (Lipinski definition) is 1. The number of Topliss-reactive ketones (excluding diaryl/α,β-unsaturated/α-hetero) is 1. The van der Waals surface area contributed by atoms with Crippen LogP contribution in [0.1, 0.15) is 20.7 Å². The van der Waals surface area contributed by atoms with E-state index in [0.29, 0.717) is 5.56 Å². The summed E-state index contributed by atoms with van der Waals surface area (Å²) in [5.74, 6) is -1.39. The second-order valence-corrected chi connectivity index (χ2v) is 6.04. The van der Waals surface area contributed by atoms with Crippen LogP contribution in [0, 0.1) is 0 Å². The van der Waals surface area contributed by atoms with Gasteiger partial charge >= 0.3 is 5.97 Å². The SMILES string of the molecule is O=C(COC(=O)c1cc(Cl)ccc1O)c1ccc(-c2ccccc2)cc1. The molecule has 0 aliphatic heterocycles. The van der Waals surface area contributed by atoms with Gasteiger partial charge in [0.1, 0.15) is 11.3 Å². The summed E-state index contributed by atoms with van der Waals surface area (Å²) < 4.78 is 4.99. The summed E-state index contributed by atoms with van der Waals surface area (Å²) in [6.45, 7) is -0.421. The molecule has 0 heterocycles. The molecule has 0 spiro atoms. The van der Waals surface area contributed by atoms with Crippen LogP contribution in [0.5, 0.6) is 5.75 Å². The Labute approximate surface area is 155 Å². The van der Waals surface area contributed by atoms with Gasteiger partial charge in [0, 0.05) is 10.6 Å². The minimum Gasteiger partial charge on any atom is -0.507 e. The van der Waals surface area contributed by atoms with Gasteiger partial charge in [0.05, 0.1) is 0 Å². The Hall–Kier alpha value is -3.11. The molecule has 0 saturated heterocycles. The molecule has 0 atom stereocenters. The summed E-state index contributed by atoms with van der Waals surface area (Å²) in [6, 6.07) is 20.9. The number of benzene rings is 3. The first-order valence-corrected chi connectivity index (χ1v) is 8.27. The molecule has 130 valence electrons. The summed E-state index contributed by atoms with van der Waals surface area (Å²) >= 11 is 5.80. The third kappa shape index (κ3) is 4.10. The minimum absolute atomic E-state index is 0.0790. The van der Waals surface area contributed by atoms with Crippen molar-refractivity contribution in [1.29, 1.82) is 0 Å². The molecule has 26 heavy (non-hydrogen) atoms. The standard InChI is InChI=1S/C21H15ClO4/c22-17-10-11-19(23)18(12-17)21(25)26-13-20(24)16-8-6-15(7-9-16)14-4-2-1-3-5-14/h1-12,23H,13H2. The smallest absolute Gasteiger partial charge is 0.342 e. The zero-order valence-electron chi connectivity index (χ0n) is 13.7. The predicted molar refractivity (Wildman–Crippen MR) is 99.6 cm³/mol. The molecule has 3 aromatic rings. The van der Waals surface area contributed by atoms with Crippen LogP contribution in [0.2, 0.25) is 5.02 Å². The van der Waals surface area contributed by atoms with Crippen molar-refractivity contribution >= 4 is 23.4 Å². The van der Waals surface area contributed by atoms with Crippen LogP contribution in [0.15, 0.2) is 72.8 Å². The Kier molecular flexibility index (Phi) is 5.34. The van der Waals surface area contributed by atoms with Crippen LogP contribution in [-0.2, 0) is 4.74 Å². The molecule has 0 amide bonds. The van der Waals surface area contributed by atoms with Gasteiger partial charge in [-0.15, -0.1) is 0 Å². The molecule has 0 saturated carbocycles. The van der Waals surface area contributed by atoms with Crippen molar-refractivity contribution in [2.75, 3.05) is 6.61 Å². The first-order chi connectivity index (χ1) is 12.5. The summed E-state index contributed by atoms with van der Waals surface area (Å²) in [5.41, 5.74) is 2.40. The monoisotopic (exact) mass is 366 g/mol. The summed E-state index contributed by atoms with van der Waals surface area (Å²) in [7, 11) is 0. The fraction of sp³-hybridized carbons (Fsp3) is 0.0476. The van der Waals surface area contributed by atoms with E-state index in [2.05, 4.69) is 0 Å². The van der Waals surface area contributed by atoms with Crippen molar-refractivity contribution in [1.82, 2.24) is 0 Å². The highest BCUT2D eigenvalue weighted by Crippen LogP contribution is 2.22. The van der Waals surface area contributed by atoms with Gasteiger partial charge in [-0.1, -0.05) is 66.2 Å². The van der Waals surface area contributed by atoms with Crippen molar-refractivity contribution in [3.8, 4) is 16.9 Å². The highest BCUT2D eigenvalue weighted by molar-refractivity contribution is 6.31. The number of carbonyl (C=O) groups is 2. The Balaban J connectivity index is 1.65. The maximum absolute atomic E-state index is 12.2. The van der Waals surface area contributed by atoms with Gasteiger partial charge < -0.3 is 9.84 Å². The lowest BCUT2D eigenvalue weighted by Crippen LogP contribution is -2.14. The molecule has 0 bridgehead atoms. The van der Waals surface area contributed by atoms with Gasteiger partial charge in [0.2, 0.25) is 0 Å². The van der Waals surface area contributed by atoms with Crippen LogP contribution >= 0.6 is 11.6 Å². The Bertz CT molecular complexity index is 934. The van der Waals surface area contributed by atoms with Gasteiger partial charge in [0.15, 0.2) is 12.4 Å². The fourth-order valence-corrected chi connectivity index (χ4v) is 2.62. The lowest BCUT2D eigenvalue weighted by Gasteiger charge is -2.07. The lowest BCUT2D eigenvalue weighted by atomic mass is 10.0. The number of hydrogen-bond acceptors (Lipinski definition) is 4. The first kappa shape index (κ1) is 17.7. The number of aromatic hydroxyl groups is 1. The topological polar surface area (TPSA) is 63.6 Å². The van der Waals surface area contributed by atoms with Crippen LogP contribution < -0.4 is 0 Å². The average Bonchev–Trinajstić information content (AvgIpc) is 2.68. The number of halogens is 1. The molecule has 3 aromatic carbocycles. The third-order valence-electron chi connectivity index (χ3n) is 3.83. The quantitative estimate of drug-likeness (QED) is 0.522. The Morgan fingerprint density at radius 1 is 0.885 bits per heavy atom. The number of rotatable bonds is 5. The van der Waals surface area contributed by atoms with Gasteiger partial charge in [-0.3, -0.25) is 4.79 Å². The maximum Gasteiger partial charge on any atom is 0.342 e. The van der Waals surface area contributed by atoms with Crippen molar-refractivity contribution < 1.29 is 19.4 Å². The second-order valence-electron chi connectivity index (χ2n) is 5.60. The van der Waals surface area contributed by atoms with E-state index in [1.807, 2.05) is 42.5 Å². The minimum atomic E-state index is -0.806. The Morgan fingerprint density at radius 3 is 2.23 bits per heavy atom. The van der Waals surface area contributed by atoms with E-state index in [0.717, 1.165) is 11.1 Å². The number of phenols is 1. The molecule has 0 radical (unpaired) electrons. The van der Waals surface area contributed by atoms with E-state index >= 15 is 0 Å². The van der Waals surface area contributed by atoms with Gasteiger partial charge in [-0.25, -0.2) is 4.79 Å². The van der Waals surface area contributed by atoms with E-state index in [-0.39, 0.29) is 22.1 Å². The molecule has 0 aliphatic rings. The van der Waals surface area contributed by atoms with E-state index in [1.165, 1.54) is 18.2 Å². The number of phenolic OH excluding ortho intramolecular Hbond substituents is 1. The third-order valence-corrected chi connectivity index (χ3v) is 4.06. The van der Waals surface area contributed by atoms with Crippen LogP contribution in [0.4, 0.5) is 0 Å². The number of carbonyl (C=O) groups excluding carboxylic acids is 2. The molecule has 3 rings (SSSR count). The summed E-state index contributed by atoms with van der Waals surface area (Å²) in [4.78, 5) is 24.2. The molecule has 5 heteroatoms. The number of ether oxygens (including phenoxy) is 1. The average molecular weight is 367 g/mol. The molecule has 0 unspecified atom stereocenters. The molecular formula is C21H15ClO4. The van der Waals surface area contributed by atoms with Crippen molar-refractivity contribution in [2.24, 2.45) is 0 Å². The zero-order valence-corrected chi connectivity index (χ0v) is 14.4. The Morgan fingerprint density at radius 2 is 1.54 bits per heavy atom. The van der Waals surface area contributed by atoms with Gasteiger partial charge in [-0.2, -0.15) is 0 Å². The van der Waals surface area contributed by atoms with Gasteiger partial charge in [0.25, 0.3) is 0 Å². The van der Waals surface area contributed by atoms with Crippen molar-refractivity contribution in [3.63, 3.8) is 0 Å². The molecule has 0 aromatic heterocycles. The number of esters is 1. The second kappa shape index (κ2) is 7.85. The van der Waals surface area contributed by atoms with Crippen molar-refractivity contribution in [2.45, 2.75) is 0 Å². The molecule has 0 fully saturated rings. The van der Waals surface area contributed by atoms with E-state index < -0.39 is 12.6 Å². The fourth-order valence-electron chi connectivity index (χ4n) is 2.44. The lowest BCUT2D eigenvalue weighted by molar-refractivity contribution is 0.0472. The highest BCUT2D eigenvalue weighted by Gasteiger charge is 2.16. The summed E-state index contributed by atoms with van der Waals surface area (Å²) in [6.07, 6.45) is 0. The summed E-state index contributed by atoms with van der Waals surface area (Å²) in [5, 5.41) is 9.97. The van der Waals surface area contributed by atoms with Crippen molar-refractivity contribution in [3.05, 3.63) is 88.9 Å². The molecular weight excluding hydrogens is 352 g/mol. The maximum atomic E-state index is 12.2. The molecule has 4 nitrogen and oxygen atoms in total. The van der Waals surface area contributed by atoms with Gasteiger partial charge in [-0.05, 0) is 29.3 Å². The number of ketones is 1. The molecule has 1 N–H and O–H groups in total. The van der Waals surface area contributed by atoms with E-state index in [1.54, 1.807) is 12.1 Å². The van der Waals surface area contributed by atoms with E-state index in [4.69, 9.17) is 16.3 Å². The molecule has 0 aliphatic carbocycles. The normalized spacial score (nSPS) is 10.3. The van der Waals surface area contributed by atoms with E-state index in [9.17, 15) is 14.7 Å². The first-order valence-electron chi connectivity index (χ1n) is 7.89. The van der Waals surface area contributed by atoms with Crippen LogP contribution in [0.3, 0.4) is 0 Å².